The molecule has 1 aromatic carbocycles. The van der Waals surface area contributed by atoms with E-state index in [1.54, 1.807) is 6.07 Å². The van der Waals surface area contributed by atoms with Crippen molar-refractivity contribution in [1.29, 1.82) is 0 Å². The fraction of sp³-hybridized carbons (Fsp3) is 0.316. The van der Waals surface area contributed by atoms with Gasteiger partial charge in [-0.1, -0.05) is 25.5 Å². The molecular weight excluding hydrogens is 377 g/mol. The Balaban J connectivity index is 2.01. The average Bonchev–Trinajstić information content (AvgIpc) is 3.05. The molecule has 1 unspecified atom stereocenters. The topological polar surface area (TPSA) is 73.1 Å². The average molecular weight is 396 g/mol. The number of aromatic nitrogens is 1. The van der Waals surface area contributed by atoms with Crippen LogP contribution in [0.3, 0.4) is 0 Å². The van der Waals surface area contributed by atoms with Crippen molar-refractivity contribution in [1.82, 2.24) is 4.98 Å². The Morgan fingerprint density at radius 2 is 1.70 bits per heavy atom. The lowest BCUT2D eigenvalue weighted by atomic mass is 9.98. The summed E-state index contributed by atoms with van der Waals surface area (Å²) in [5.41, 5.74) is 2.54. The predicted molar refractivity (Wildman–Crippen MR) is 96.9 cm³/mol. The van der Waals surface area contributed by atoms with Crippen LogP contribution in [0.1, 0.15) is 43.0 Å². The first-order valence-electron chi connectivity index (χ1n) is 8.48. The highest BCUT2D eigenvalue weighted by molar-refractivity contribution is 7.89. The molecule has 2 aromatic rings. The van der Waals surface area contributed by atoms with E-state index >= 15 is 0 Å². The van der Waals surface area contributed by atoms with Crippen molar-refractivity contribution < 1.29 is 21.6 Å². The van der Waals surface area contributed by atoms with E-state index in [4.69, 9.17) is 5.14 Å². The Morgan fingerprint density at radius 1 is 1.07 bits per heavy atom. The van der Waals surface area contributed by atoms with Gasteiger partial charge < -0.3 is 0 Å². The second-order valence-electron chi connectivity index (χ2n) is 6.64. The van der Waals surface area contributed by atoms with E-state index in [1.165, 1.54) is 24.4 Å². The summed E-state index contributed by atoms with van der Waals surface area (Å²) in [5.74, 6) is 0.372. The number of nitrogens with two attached hydrogens (primary N) is 1. The van der Waals surface area contributed by atoms with Gasteiger partial charge in [0.05, 0.1) is 11.3 Å². The third-order valence-corrected chi connectivity index (χ3v) is 5.76. The maximum absolute atomic E-state index is 12.8. The van der Waals surface area contributed by atoms with Crippen molar-refractivity contribution >= 4 is 21.2 Å². The number of hydrogen-bond acceptors (Lipinski definition) is 3. The van der Waals surface area contributed by atoms with Crippen LogP contribution in [0.15, 0.2) is 47.5 Å². The maximum atomic E-state index is 12.8. The highest BCUT2D eigenvalue weighted by Gasteiger charge is 2.31. The van der Waals surface area contributed by atoms with E-state index < -0.39 is 21.8 Å². The quantitative estimate of drug-likeness (QED) is 0.828. The van der Waals surface area contributed by atoms with Crippen molar-refractivity contribution in [3.05, 3.63) is 59.4 Å². The zero-order valence-electron chi connectivity index (χ0n) is 14.6. The van der Waals surface area contributed by atoms with Gasteiger partial charge in [0, 0.05) is 6.20 Å². The molecular formula is C19H19F3N2O2S. The molecule has 2 N–H and O–H groups in total. The molecule has 1 atom stereocenters. The van der Waals surface area contributed by atoms with Gasteiger partial charge in [-0.15, -0.1) is 0 Å². The van der Waals surface area contributed by atoms with Gasteiger partial charge in [-0.25, -0.2) is 13.6 Å². The molecule has 1 heterocycles. The van der Waals surface area contributed by atoms with Crippen LogP contribution in [0.4, 0.5) is 13.2 Å². The molecule has 3 rings (SSSR count). The molecule has 0 spiro atoms. The number of allylic oxidation sites excluding steroid dienone is 2. The molecule has 0 radical (unpaired) electrons. The Bertz CT molecular complexity index is 964. The Morgan fingerprint density at radius 3 is 2.19 bits per heavy atom. The number of primary sulfonamides is 1. The molecule has 0 aliphatic heterocycles. The van der Waals surface area contributed by atoms with E-state index in [0.717, 1.165) is 48.1 Å². The summed E-state index contributed by atoms with van der Waals surface area (Å²) in [7, 11) is -3.83. The number of rotatable bonds is 4. The number of hydrogen-bond donors (Lipinski definition) is 1. The number of alkyl halides is 3. The second kappa shape index (κ2) is 7.09. The normalized spacial score (nSPS) is 18.2. The minimum Gasteiger partial charge on any atom is -0.255 e. The number of sulfonamides is 1. The first-order chi connectivity index (χ1) is 12.6. The molecule has 27 heavy (non-hydrogen) atoms. The third-order valence-electron chi connectivity index (χ3n) is 4.86. The number of halogens is 3. The summed E-state index contributed by atoms with van der Waals surface area (Å²) in [4.78, 5) is 4.16. The summed E-state index contributed by atoms with van der Waals surface area (Å²) in [6.45, 7) is 2.06. The van der Waals surface area contributed by atoms with Crippen LogP contribution >= 0.6 is 0 Å². The van der Waals surface area contributed by atoms with Crippen LogP contribution in [0.5, 0.6) is 0 Å². The van der Waals surface area contributed by atoms with Crippen LogP contribution < -0.4 is 5.14 Å². The van der Waals surface area contributed by atoms with Crippen LogP contribution in [-0.2, 0) is 16.2 Å². The van der Waals surface area contributed by atoms with Crippen molar-refractivity contribution in [2.24, 2.45) is 11.1 Å². The van der Waals surface area contributed by atoms with E-state index in [2.05, 4.69) is 11.9 Å². The van der Waals surface area contributed by atoms with Gasteiger partial charge in [-0.05, 0) is 59.7 Å². The minimum absolute atomic E-state index is 0.0760. The molecule has 144 valence electrons. The van der Waals surface area contributed by atoms with Crippen molar-refractivity contribution in [2.45, 2.75) is 37.3 Å². The lowest BCUT2D eigenvalue weighted by molar-refractivity contribution is -0.137. The van der Waals surface area contributed by atoms with Crippen molar-refractivity contribution in [2.75, 3.05) is 0 Å². The highest BCUT2D eigenvalue weighted by atomic mass is 32.2. The maximum Gasteiger partial charge on any atom is 0.416 e. The number of pyridine rings is 1. The van der Waals surface area contributed by atoms with Gasteiger partial charge in [0.1, 0.15) is 4.90 Å². The van der Waals surface area contributed by atoms with E-state index in [1.807, 2.05) is 0 Å². The van der Waals surface area contributed by atoms with Crippen molar-refractivity contribution in [3.63, 3.8) is 0 Å². The van der Waals surface area contributed by atoms with E-state index in [9.17, 15) is 21.6 Å². The Labute approximate surface area is 156 Å². The van der Waals surface area contributed by atoms with E-state index in [-0.39, 0.29) is 4.90 Å². The molecule has 0 fully saturated rings. The minimum atomic E-state index is -4.37. The zero-order chi connectivity index (χ0) is 19.8. The van der Waals surface area contributed by atoms with Gasteiger partial charge >= 0.3 is 6.18 Å². The summed E-state index contributed by atoms with van der Waals surface area (Å²) in [6, 6.07) is 8.11. The van der Waals surface area contributed by atoms with Gasteiger partial charge in [-0.3, -0.25) is 4.98 Å². The highest BCUT2D eigenvalue weighted by Crippen LogP contribution is 2.44. The van der Waals surface area contributed by atoms with Crippen LogP contribution in [0.25, 0.3) is 11.1 Å². The second-order valence-corrected chi connectivity index (χ2v) is 8.20. The first kappa shape index (κ1) is 19.6. The van der Waals surface area contributed by atoms with Gasteiger partial charge in [0.2, 0.25) is 10.0 Å². The Hall–Kier alpha value is -2.19. The lowest BCUT2D eigenvalue weighted by Gasteiger charge is -2.11. The molecule has 1 aromatic heterocycles. The molecule has 8 heteroatoms. The fourth-order valence-corrected chi connectivity index (χ4v) is 3.78. The number of benzene rings is 1. The van der Waals surface area contributed by atoms with Gasteiger partial charge in [-0.2, -0.15) is 13.2 Å². The van der Waals surface area contributed by atoms with E-state index in [0.29, 0.717) is 11.6 Å². The van der Waals surface area contributed by atoms with Crippen LogP contribution in [0.2, 0.25) is 0 Å². The molecule has 4 nitrogen and oxygen atoms in total. The third kappa shape index (κ3) is 4.22. The molecule has 1 aliphatic rings. The monoisotopic (exact) mass is 396 g/mol. The zero-order valence-corrected chi connectivity index (χ0v) is 15.4. The van der Waals surface area contributed by atoms with Gasteiger partial charge in [0.25, 0.3) is 0 Å². The summed E-state index contributed by atoms with van der Waals surface area (Å²) in [6.07, 6.45) is -0.739. The van der Waals surface area contributed by atoms with Crippen molar-refractivity contribution in [3.8, 4) is 0 Å². The largest absolute Gasteiger partial charge is 0.416 e. The molecule has 0 amide bonds. The van der Waals surface area contributed by atoms with Crippen LogP contribution in [0, 0.1) is 5.92 Å². The summed E-state index contributed by atoms with van der Waals surface area (Å²) in [5, 5.41) is 5.10. The molecule has 0 saturated carbocycles. The summed E-state index contributed by atoms with van der Waals surface area (Å²) < 4.78 is 61.2. The predicted octanol–water partition coefficient (Wildman–Crippen LogP) is 4.48. The number of nitrogens with zero attached hydrogens (tertiary/aromatic N) is 1. The smallest absolute Gasteiger partial charge is 0.255 e. The SMILES string of the molecule is CCC1CC(c2ccc(C(F)(F)F)cc2)=C(c2ccc(S(N)(=O)=O)cn2)C1. The fourth-order valence-electron chi connectivity index (χ4n) is 3.32. The molecule has 0 saturated heterocycles. The summed E-state index contributed by atoms with van der Waals surface area (Å²) >= 11 is 0. The molecule has 0 bridgehead atoms. The molecule has 1 aliphatic carbocycles. The Kier molecular flexibility index (Phi) is 5.14. The standard InChI is InChI=1S/C19H19F3N2O2S/c1-2-12-9-16(13-3-5-14(6-4-13)19(20,21)22)17(10-12)18-8-7-15(11-24-18)27(23,25)26/h3-8,11-12H,2,9-10H2,1H3,(H2,23,25,26). The van der Waals surface area contributed by atoms with Crippen LogP contribution in [-0.4, -0.2) is 13.4 Å². The van der Waals surface area contributed by atoms with Gasteiger partial charge in [0.15, 0.2) is 0 Å². The first-order valence-corrected chi connectivity index (χ1v) is 10.0. The lowest BCUT2D eigenvalue weighted by Crippen LogP contribution is -2.12.